The summed E-state index contributed by atoms with van der Waals surface area (Å²) in [4.78, 5) is 12.7. The van der Waals surface area contributed by atoms with E-state index in [0.29, 0.717) is 37.5 Å². The summed E-state index contributed by atoms with van der Waals surface area (Å²) in [6, 6.07) is 17.6. The number of carbonyl (C=O) groups excluding carboxylic acids is 1. The van der Waals surface area contributed by atoms with Gasteiger partial charge in [-0.05, 0) is 47.0 Å². The third-order valence-electron chi connectivity index (χ3n) is 4.62. The van der Waals surface area contributed by atoms with Gasteiger partial charge in [0.25, 0.3) is 5.91 Å². The van der Waals surface area contributed by atoms with Crippen LogP contribution in [0.15, 0.2) is 54.6 Å². The molecule has 4 rings (SSSR count). The molecule has 0 radical (unpaired) electrons. The molecule has 1 amide bonds. The molecule has 0 saturated carbocycles. The number of fused-ring (bicyclic) bond motifs is 2. The van der Waals surface area contributed by atoms with Gasteiger partial charge in [-0.15, -0.1) is 0 Å². The van der Waals surface area contributed by atoms with Crippen LogP contribution in [-0.4, -0.2) is 32.8 Å². The highest BCUT2D eigenvalue weighted by Crippen LogP contribution is 2.31. The van der Waals surface area contributed by atoms with Crippen molar-refractivity contribution in [3.63, 3.8) is 0 Å². The number of hydrogen-bond donors (Lipinski definition) is 1. The minimum absolute atomic E-state index is 0.143. The van der Waals surface area contributed by atoms with Crippen LogP contribution < -0.4 is 19.5 Å². The van der Waals surface area contributed by atoms with Crippen molar-refractivity contribution in [2.75, 3.05) is 26.9 Å². The second kappa shape index (κ2) is 7.58. The Bertz CT molecular complexity index is 983. The van der Waals surface area contributed by atoms with E-state index in [2.05, 4.69) is 5.32 Å². The summed E-state index contributed by atoms with van der Waals surface area (Å²) >= 11 is 0. The second-order valence-corrected chi connectivity index (χ2v) is 6.38. The largest absolute Gasteiger partial charge is 0.496 e. The van der Waals surface area contributed by atoms with Crippen molar-refractivity contribution in [3.8, 4) is 17.2 Å². The van der Waals surface area contributed by atoms with Crippen molar-refractivity contribution in [2.24, 2.45) is 0 Å². The van der Waals surface area contributed by atoms with E-state index in [9.17, 15) is 4.79 Å². The molecule has 0 bridgehead atoms. The van der Waals surface area contributed by atoms with E-state index in [1.165, 1.54) is 0 Å². The van der Waals surface area contributed by atoms with Gasteiger partial charge >= 0.3 is 0 Å². The number of carbonyl (C=O) groups is 1. The predicted octanol–water partition coefficient (Wildman–Crippen LogP) is 3.59. The first kappa shape index (κ1) is 17.2. The molecule has 1 aliphatic rings. The fourth-order valence-corrected chi connectivity index (χ4v) is 3.22. The van der Waals surface area contributed by atoms with Crippen molar-refractivity contribution < 1.29 is 19.0 Å². The minimum Gasteiger partial charge on any atom is -0.496 e. The third-order valence-corrected chi connectivity index (χ3v) is 4.62. The van der Waals surface area contributed by atoms with Crippen molar-refractivity contribution in [2.45, 2.75) is 6.42 Å². The van der Waals surface area contributed by atoms with Crippen LogP contribution in [0.1, 0.15) is 15.9 Å². The second-order valence-electron chi connectivity index (χ2n) is 6.38. The Labute approximate surface area is 157 Å². The molecule has 3 aromatic carbocycles. The summed E-state index contributed by atoms with van der Waals surface area (Å²) in [6.07, 6.45) is 0.707. The van der Waals surface area contributed by atoms with E-state index in [0.717, 1.165) is 27.8 Å². The monoisotopic (exact) mass is 363 g/mol. The molecule has 27 heavy (non-hydrogen) atoms. The number of nitrogens with one attached hydrogen (secondary N) is 1. The molecule has 1 aliphatic heterocycles. The Hall–Kier alpha value is -3.21. The van der Waals surface area contributed by atoms with Crippen LogP contribution in [0.5, 0.6) is 17.2 Å². The van der Waals surface area contributed by atoms with Gasteiger partial charge in [-0.3, -0.25) is 4.79 Å². The van der Waals surface area contributed by atoms with Crippen molar-refractivity contribution in [3.05, 3.63) is 65.7 Å². The highest BCUT2D eigenvalue weighted by atomic mass is 16.6. The minimum atomic E-state index is -0.143. The lowest BCUT2D eigenvalue weighted by molar-refractivity contribution is 0.0951. The summed E-state index contributed by atoms with van der Waals surface area (Å²) in [5, 5.41) is 5.03. The highest BCUT2D eigenvalue weighted by molar-refractivity contribution is 6.01. The van der Waals surface area contributed by atoms with E-state index in [4.69, 9.17) is 14.2 Å². The van der Waals surface area contributed by atoms with Crippen LogP contribution >= 0.6 is 0 Å². The lowest BCUT2D eigenvalue weighted by atomic mass is 10.1. The third kappa shape index (κ3) is 3.67. The van der Waals surface area contributed by atoms with Crippen LogP contribution in [0, 0.1) is 0 Å². The maximum absolute atomic E-state index is 12.7. The first-order valence-electron chi connectivity index (χ1n) is 8.98. The maximum Gasteiger partial charge on any atom is 0.255 e. The van der Waals surface area contributed by atoms with Gasteiger partial charge in [0, 0.05) is 6.54 Å². The van der Waals surface area contributed by atoms with Gasteiger partial charge in [-0.25, -0.2) is 0 Å². The molecule has 5 nitrogen and oxygen atoms in total. The zero-order valence-corrected chi connectivity index (χ0v) is 15.2. The smallest absolute Gasteiger partial charge is 0.255 e. The summed E-state index contributed by atoms with van der Waals surface area (Å²) in [7, 11) is 1.58. The van der Waals surface area contributed by atoms with E-state index in [-0.39, 0.29) is 5.91 Å². The fourth-order valence-electron chi connectivity index (χ4n) is 3.22. The van der Waals surface area contributed by atoms with Crippen LogP contribution in [0.25, 0.3) is 10.8 Å². The zero-order chi connectivity index (χ0) is 18.6. The topological polar surface area (TPSA) is 56.8 Å². The quantitative estimate of drug-likeness (QED) is 0.753. The normalized spacial score (nSPS) is 12.6. The van der Waals surface area contributed by atoms with E-state index in [1.807, 2.05) is 54.6 Å². The van der Waals surface area contributed by atoms with Gasteiger partial charge in [0.1, 0.15) is 19.0 Å². The summed E-state index contributed by atoms with van der Waals surface area (Å²) < 4.78 is 16.5. The van der Waals surface area contributed by atoms with Crippen molar-refractivity contribution in [1.82, 2.24) is 5.32 Å². The number of ether oxygens (including phenoxy) is 3. The van der Waals surface area contributed by atoms with Crippen LogP contribution in [-0.2, 0) is 6.42 Å². The van der Waals surface area contributed by atoms with Gasteiger partial charge in [-0.2, -0.15) is 0 Å². The van der Waals surface area contributed by atoms with E-state index in [1.54, 1.807) is 7.11 Å². The van der Waals surface area contributed by atoms with E-state index < -0.39 is 0 Å². The summed E-state index contributed by atoms with van der Waals surface area (Å²) in [5.74, 6) is 1.97. The molecule has 3 aromatic rings. The molecular formula is C22H21NO4. The Morgan fingerprint density at radius 1 is 1.00 bits per heavy atom. The lowest BCUT2D eigenvalue weighted by Crippen LogP contribution is -2.26. The number of methoxy groups -OCH3 is 1. The predicted molar refractivity (Wildman–Crippen MR) is 104 cm³/mol. The summed E-state index contributed by atoms with van der Waals surface area (Å²) in [6.45, 7) is 1.67. The fraction of sp³-hybridized carbons (Fsp3) is 0.227. The van der Waals surface area contributed by atoms with Gasteiger partial charge in [0.05, 0.1) is 12.7 Å². The van der Waals surface area contributed by atoms with Gasteiger partial charge in [0.15, 0.2) is 11.5 Å². The molecular weight excluding hydrogens is 342 g/mol. The average Bonchev–Trinajstić information content (AvgIpc) is 2.72. The Morgan fingerprint density at radius 3 is 2.52 bits per heavy atom. The molecule has 0 spiro atoms. The number of hydrogen-bond acceptors (Lipinski definition) is 4. The molecule has 0 atom stereocenters. The van der Waals surface area contributed by atoms with Crippen molar-refractivity contribution in [1.29, 1.82) is 0 Å². The van der Waals surface area contributed by atoms with Crippen molar-refractivity contribution >= 4 is 16.7 Å². The number of rotatable bonds is 5. The van der Waals surface area contributed by atoms with Gasteiger partial charge < -0.3 is 19.5 Å². The Kier molecular flexibility index (Phi) is 4.83. The molecule has 0 fully saturated rings. The molecule has 1 heterocycles. The first-order chi connectivity index (χ1) is 13.2. The highest BCUT2D eigenvalue weighted by Gasteiger charge is 2.14. The summed E-state index contributed by atoms with van der Waals surface area (Å²) in [5.41, 5.74) is 1.63. The molecule has 5 heteroatoms. The Morgan fingerprint density at radius 2 is 1.74 bits per heavy atom. The van der Waals surface area contributed by atoms with Gasteiger partial charge in [0.2, 0.25) is 0 Å². The molecule has 0 unspecified atom stereocenters. The number of amides is 1. The molecule has 1 N–H and O–H groups in total. The molecule has 138 valence electrons. The zero-order valence-electron chi connectivity index (χ0n) is 15.2. The average molecular weight is 363 g/mol. The van der Waals surface area contributed by atoms with E-state index >= 15 is 0 Å². The molecule has 0 aliphatic carbocycles. The molecule has 0 saturated heterocycles. The maximum atomic E-state index is 12.7. The lowest BCUT2D eigenvalue weighted by Gasteiger charge is -2.19. The standard InChI is InChI=1S/C22H21NO4/c1-25-20-14-17-5-3-2-4-16(17)13-18(20)22(24)23-9-8-15-6-7-19-21(12-15)27-11-10-26-19/h2-7,12-14H,8-11H2,1H3,(H,23,24). The number of benzene rings is 3. The molecule has 0 aromatic heterocycles. The van der Waals surface area contributed by atoms with Crippen LogP contribution in [0.2, 0.25) is 0 Å². The van der Waals surface area contributed by atoms with Crippen LogP contribution in [0.4, 0.5) is 0 Å². The van der Waals surface area contributed by atoms with Crippen LogP contribution in [0.3, 0.4) is 0 Å². The van der Waals surface area contributed by atoms with Gasteiger partial charge in [-0.1, -0.05) is 30.3 Å². The first-order valence-corrected chi connectivity index (χ1v) is 8.98. The SMILES string of the molecule is COc1cc2ccccc2cc1C(=O)NCCc1ccc2c(c1)OCCO2. The Balaban J connectivity index is 1.44.